The first-order chi connectivity index (χ1) is 13.5. The first-order valence-electron chi connectivity index (χ1n) is 10.2. The van der Waals surface area contributed by atoms with Crippen molar-refractivity contribution in [3.8, 4) is 0 Å². The van der Waals surface area contributed by atoms with E-state index in [1.54, 1.807) is 0 Å². The Morgan fingerprint density at radius 3 is 1.71 bits per heavy atom. The molecule has 0 fully saturated rings. The highest BCUT2D eigenvalue weighted by atomic mass is 15.1. The van der Waals surface area contributed by atoms with Gasteiger partial charge in [-0.15, -0.1) is 0 Å². The molecule has 0 atom stereocenters. The van der Waals surface area contributed by atoms with Gasteiger partial charge in [0.2, 0.25) is 0 Å². The van der Waals surface area contributed by atoms with Crippen molar-refractivity contribution in [1.82, 2.24) is 24.0 Å². The molecule has 0 amide bonds. The average Bonchev–Trinajstić information content (AvgIpc) is 3.19. The van der Waals surface area contributed by atoms with Crippen LogP contribution in [0, 0.1) is 13.8 Å². The summed E-state index contributed by atoms with van der Waals surface area (Å²) in [7, 11) is 4.21. The second-order valence-corrected chi connectivity index (χ2v) is 7.68. The summed E-state index contributed by atoms with van der Waals surface area (Å²) in [5, 5.41) is 0. The molecule has 0 saturated heterocycles. The zero-order chi connectivity index (χ0) is 19.9. The molecule has 3 aromatic rings. The second kappa shape index (κ2) is 9.69. The molecular weight excluding hydrogens is 346 g/mol. The van der Waals surface area contributed by atoms with E-state index >= 15 is 0 Å². The molecule has 0 spiro atoms. The summed E-state index contributed by atoms with van der Waals surface area (Å²) in [6.07, 6.45) is 8.48. The first-order valence-corrected chi connectivity index (χ1v) is 10.2. The molecule has 2 aromatic heterocycles. The minimum absolute atomic E-state index is 1.01. The van der Waals surface area contributed by atoms with Crippen molar-refractivity contribution in [3.63, 3.8) is 0 Å². The predicted octanol–water partition coefficient (Wildman–Crippen LogP) is 3.84. The quantitative estimate of drug-likeness (QED) is 0.537. The summed E-state index contributed by atoms with van der Waals surface area (Å²) in [6, 6.07) is 10.8. The molecule has 0 bridgehead atoms. The number of nitrogens with zero attached hydrogens (tertiary/aromatic N) is 5. The zero-order valence-corrected chi connectivity index (χ0v) is 17.7. The van der Waals surface area contributed by atoms with Gasteiger partial charge in [-0.25, -0.2) is 9.97 Å². The van der Waals surface area contributed by atoms with Crippen molar-refractivity contribution < 1.29 is 0 Å². The lowest BCUT2D eigenvalue weighted by Crippen LogP contribution is -2.26. The Balaban J connectivity index is 1.54. The molecule has 1 aromatic carbocycles. The molecule has 0 radical (unpaired) electrons. The Labute approximate surface area is 169 Å². The third-order valence-electron chi connectivity index (χ3n) is 5.70. The molecule has 0 saturated carbocycles. The van der Waals surface area contributed by atoms with Gasteiger partial charge in [-0.1, -0.05) is 30.3 Å². The van der Waals surface area contributed by atoms with Crippen molar-refractivity contribution in [2.75, 3.05) is 13.1 Å². The molecule has 150 valence electrons. The van der Waals surface area contributed by atoms with Crippen molar-refractivity contribution in [2.45, 2.75) is 46.1 Å². The standard InChI is InChI=1S/C23H33N5/c1-19-24-16-22(26(19)3)12-8-14-28(18-21-10-6-5-7-11-21)15-9-13-23-17-25-20(2)27(23)4/h5-7,10-11,16-17H,8-9,12-15,18H2,1-4H3. The van der Waals surface area contributed by atoms with E-state index in [0.29, 0.717) is 0 Å². The SMILES string of the molecule is Cc1ncc(CCCN(CCCc2cnc(C)n2C)Cc2ccccc2)n1C. The number of rotatable bonds is 10. The van der Waals surface area contributed by atoms with Crippen LogP contribution in [0.1, 0.15) is 41.4 Å². The Morgan fingerprint density at radius 1 is 0.786 bits per heavy atom. The van der Waals surface area contributed by atoms with Crippen molar-refractivity contribution in [3.05, 3.63) is 71.3 Å². The molecule has 28 heavy (non-hydrogen) atoms. The van der Waals surface area contributed by atoms with Gasteiger partial charge in [0.15, 0.2) is 0 Å². The van der Waals surface area contributed by atoms with E-state index in [1.165, 1.54) is 17.0 Å². The van der Waals surface area contributed by atoms with Crippen molar-refractivity contribution in [1.29, 1.82) is 0 Å². The van der Waals surface area contributed by atoms with Crippen LogP contribution in [-0.2, 0) is 33.5 Å². The molecule has 5 heteroatoms. The van der Waals surface area contributed by atoms with Gasteiger partial charge < -0.3 is 9.13 Å². The lowest BCUT2D eigenvalue weighted by Gasteiger charge is -2.22. The Kier molecular flexibility index (Phi) is 7.04. The van der Waals surface area contributed by atoms with Gasteiger partial charge in [0.25, 0.3) is 0 Å². The first kappa shape index (κ1) is 20.3. The second-order valence-electron chi connectivity index (χ2n) is 7.68. The Hall–Kier alpha value is -2.40. The van der Waals surface area contributed by atoms with Gasteiger partial charge >= 0.3 is 0 Å². The van der Waals surface area contributed by atoms with Gasteiger partial charge in [0.05, 0.1) is 0 Å². The van der Waals surface area contributed by atoms with Gasteiger partial charge in [-0.2, -0.15) is 0 Å². The average molecular weight is 380 g/mol. The third kappa shape index (κ3) is 5.32. The maximum absolute atomic E-state index is 4.42. The number of hydrogen-bond acceptors (Lipinski definition) is 3. The number of imidazole rings is 2. The monoisotopic (exact) mass is 379 g/mol. The van der Waals surface area contributed by atoms with Gasteiger partial charge in [0, 0.05) is 44.4 Å². The summed E-state index contributed by atoms with van der Waals surface area (Å²) < 4.78 is 4.40. The van der Waals surface area contributed by atoms with Crippen molar-refractivity contribution in [2.24, 2.45) is 14.1 Å². The van der Waals surface area contributed by atoms with E-state index in [-0.39, 0.29) is 0 Å². The van der Waals surface area contributed by atoms with Crippen molar-refractivity contribution >= 4 is 0 Å². The Bertz CT molecular complexity index is 810. The van der Waals surface area contributed by atoms with Crippen LogP contribution in [0.4, 0.5) is 0 Å². The Morgan fingerprint density at radius 2 is 1.29 bits per heavy atom. The summed E-state index contributed by atoms with van der Waals surface area (Å²) >= 11 is 0. The molecule has 2 heterocycles. The predicted molar refractivity (Wildman–Crippen MR) is 114 cm³/mol. The molecular formula is C23H33N5. The highest BCUT2D eigenvalue weighted by molar-refractivity contribution is 5.14. The molecule has 3 rings (SSSR count). The van der Waals surface area contributed by atoms with Crippen LogP contribution in [0.5, 0.6) is 0 Å². The third-order valence-corrected chi connectivity index (χ3v) is 5.70. The fraction of sp³-hybridized carbons (Fsp3) is 0.478. The lowest BCUT2D eigenvalue weighted by atomic mass is 10.1. The van der Waals surface area contributed by atoms with Crippen LogP contribution < -0.4 is 0 Å². The number of hydrogen-bond donors (Lipinski definition) is 0. The van der Waals surface area contributed by atoms with Crippen LogP contribution in [-0.4, -0.2) is 37.1 Å². The molecule has 0 aliphatic heterocycles. The molecule has 0 N–H and O–H groups in total. The number of aryl methyl sites for hydroxylation is 4. The maximum Gasteiger partial charge on any atom is 0.105 e. The fourth-order valence-corrected chi connectivity index (χ4v) is 3.64. The highest BCUT2D eigenvalue weighted by Gasteiger charge is 2.09. The minimum atomic E-state index is 1.01. The highest BCUT2D eigenvalue weighted by Crippen LogP contribution is 2.11. The zero-order valence-electron chi connectivity index (χ0n) is 17.7. The smallest absolute Gasteiger partial charge is 0.105 e. The van der Waals surface area contributed by atoms with Crippen LogP contribution in [0.3, 0.4) is 0 Å². The van der Waals surface area contributed by atoms with Gasteiger partial charge in [-0.3, -0.25) is 4.90 Å². The summed E-state index contributed by atoms with van der Waals surface area (Å²) in [4.78, 5) is 11.4. The van der Waals surface area contributed by atoms with Crippen LogP contribution in [0.2, 0.25) is 0 Å². The van der Waals surface area contributed by atoms with Crippen LogP contribution in [0.15, 0.2) is 42.7 Å². The normalized spacial score (nSPS) is 11.5. The summed E-state index contributed by atoms with van der Waals surface area (Å²) in [5.41, 5.74) is 4.03. The van der Waals surface area contributed by atoms with E-state index in [9.17, 15) is 0 Å². The molecule has 0 aliphatic rings. The fourth-order valence-electron chi connectivity index (χ4n) is 3.64. The van der Waals surface area contributed by atoms with E-state index in [2.05, 4.69) is 82.3 Å². The van der Waals surface area contributed by atoms with Gasteiger partial charge in [0.1, 0.15) is 11.6 Å². The summed E-state index contributed by atoms with van der Waals surface area (Å²) in [5.74, 6) is 2.17. The van der Waals surface area contributed by atoms with Crippen LogP contribution in [0.25, 0.3) is 0 Å². The molecule has 5 nitrogen and oxygen atoms in total. The summed E-state index contributed by atoms with van der Waals surface area (Å²) in [6.45, 7) is 7.33. The number of aromatic nitrogens is 4. The van der Waals surface area contributed by atoms with E-state index in [4.69, 9.17) is 0 Å². The molecule has 0 aliphatic carbocycles. The number of benzene rings is 1. The maximum atomic E-state index is 4.42. The van der Waals surface area contributed by atoms with E-state index < -0.39 is 0 Å². The topological polar surface area (TPSA) is 38.9 Å². The van der Waals surface area contributed by atoms with Crippen LogP contribution >= 0.6 is 0 Å². The lowest BCUT2D eigenvalue weighted by molar-refractivity contribution is 0.258. The van der Waals surface area contributed by atoms with E-state index in [1.807, 2.05) is 12.4 Å². The largest absolute Gasteiger partial charge is 0.335 e. The van der Waals surface area contributed by atoms with Gasteiger partial charge in [-0.05, 0) is 58.2 Å². The minimum Gasteiger partial charge on any atom is -0.335 e. The van der Waals surface area contributed by atoms with E-state index in [0.717, 1.165) is 57.0 Å². The molecule has 0 unspecified atom stereocenters.